The molecule has 0 saturated carbocycles. The average Bonchev–Trinajstić information content (AvgIpc) is 2.10. The molecule has 0 rings (SSSR count). The van der Waals surface area contributed by atoms with Crippen molar-refractivity contribution in [2.75, 3.05) is 5.75 Å². The molecule has 0 saturated heterocycles. The zero-order chi connectivity index (χ0) is 9.07. The van der Waals surface area contributed by atoms with Crippen molar-refractivity contribution in [3.63, 3.8) is 0 Å². The van der Waals surface area contributed by atoms with E-state index in [2.05, 4.69) is 19.6 Å². The molecule has 76 valence electrons. The number of hydrogen-bond donors (Lipinski definition) is 1. The summed E-state index contributed by atoms with van der Waals surface area (Å²) in [7, 11) is 0. The first-order valence-corrected chi connectivity index (χ1v) is 6.16. The van der Waals surface area contributed by atoms with Gasteiger partial charge in [-0.05, 0) is 12.2 Å². The van der Waals surface area contributed by atoms with E-state index in [1.165, 1.54) is 57.8 Å². The summed E-state index contributed by atoms with van der Waals surface area (Å²) in [4.78, 5) is 0. The van der Waals surface area contributed by atoms with Gasteiger partial charge in [0.05, 0.1) is 0 Å². The molecule has 0 aromatic rings. The Morgan fingerprint density at radius 2 is 1.15 bits per heavy atom. The summed E-state index contributed by atoms with van der Waals surface area (Å²) < 4.78 is 0. The Labute approximate surface area is 113 Å². The normalized spacial score (nSPS) is 9.69. The summed E-state index contributed by atoms with van der Waals surface area (Å²) in [6.45, 7) is 2.27. The van der Waals surface area contributed by atoms with Gasteiger partial charge >= 0.3 is 29.6 Å². The topological polar surface area (TPSA) is 0 Å². The summed E-state index contributed by atoms with van der Waals surface area (Å²) in [6.07, 6.45) is 12.7. The van der Waals surface area contributed by atoms with Crippen LogP contribution in [0.4, 0.5) is 0 Å². The third-order valence-corrected chi connectivity index (χ3v) is 2.58. The van der Waals surface area contributed by atoms with Crippen molar-refractivity contribution in [1.82, 2.24) is 0 Å². The summed E-state index contributed by atoms with van der Waals surface area (Å²) in [5, 5.41) is 0. The number of unbranched alkanes of at least 4 members (excludes halogenated alkanes) is 8. The SMILES string of the molecule is CCCCCCCCCCCS.[H-].[Na+]. The summed E-state index contributed by atoms with van der Waals surface area (Å²) in [6, 6.07) is 0. The minimum absolute atomic E-state index is 0. The van der Waals surface area contributed by atoms with Crippen LogP contribution in [-0.2, 0) is 0 Å². The number of hydrogen-bond acceptors (Lipinski definition) is 1. The van der Waals surface area contributed by atoms with Crippen LogP contribution >= 0.6 is 12.6 Å². The van der Waals surface area contributed by atoms with Crippen molar-refractivity contribution < 1.29 is 31.0 Å². The van der Waals surface area contributed by atoms with Gasteiger partial charge in [0.1, 0.15) is 0 Å². The molecule has 0 bridgehead atoms. The fourth-order valence-corrected chi connectivity index (χ4v) is 1.65. The van der Waals surface area contributed by atoms with E-state index in [9.17, 15) is 0 Å². The molecule has 0 heterocycles. The molecule has 0 aromatic heterocycles. The van der Waals surface area contributed by atoms with Crippen LogP contribution in [0.5, 0.6) is 0 Å². The largest absolute Gasteiger partial charge is 1.00 e. The maximum absolute atomic E-state index is 4.19. The third-order valence-electron chi connectivity index (χ3n) is 2.26. The zero-order valence-corrected chi connectivity index (χ0v) is 12.4. The quantitative estimate of drug-likeness (QED) is 0.335. The Kier molecular flexibility index (Phi) is 20.4. The van der Waals surface area contributed by atoms with E-state index in [-0.39, 0.29) is 31.0 Å². The minimum atomic E-state index is 0. The van der Waals surface area contributed by atoms with Gasteiger partial charge in [-0.2, -0.15) is 12.6 Å². The van der Waals surface area contributed by atoms with Crippen LogP contribution in [0.25, 0.3) is 0 Å². The van der Waals surface area contributed by atoms with Crippen molar-refractivity contribution in [2.24, 2.45) is 0 Å². The van der Waals surface area contributed by atoms with Crippen molar-refractivity contribution in [3.05, 3.63) is 0 Å². The second-order valence-electron chi connectivity index (χ2n) is 3.55. The molecule has 0 aliphatic carbocycles. The van der Waals surface area contributed by atoms with Crippen molar-refractivity contribution in [1.29, 1.82) is 0 Å². The maximum Gasteiger partial charge on any atom is 1.00 e. The van der Waals surface area contributed by atoms with E-state index in [1.807, 2.05) is 0 Å². The van der Waals surface area contributed by atoms with Crippen LogP contribution in [0, 0.1) is 0 Å². The molecule has 0 unspecified atom stereocenters. The van der Waals surface area contributed by atoms with Crippen molar-refractivity contribution in [2.45, 2.75) is 64.7 Å². The van der Waals surface area contributed by atoms with E-state index in [4.69, 9.17) is 0 Å². The third kappa shape index (κ3) is 16.1. The van der Waals surface area contributed by atoms with Crippen LogP contribution in [0.3, 0.4) is 0 Å². The molecular formula is C11H25NaS. The molecule has 0 fully saturated rings. The van der Waals surface area contributed by atoms with Crippen molar-refractivity contribution >= 4 is 12.6 Å². The molecule has 0 aliphatic heterocycles. The fraction of sp³-hybridized carbons (Fsp3) is 1.00. The van der Waals surface area contributed by atoms with Crippen LogP contribution in [0.15, 0.2) is 0 Å². The van der Waals surface area contributed by atoms with Gasteiger partial charge in [0.15, 0.2) is 0 Å². The van der Waals surface area contributed by atoms with Gasteiger partial charge in [-0.3, -0.25) is 0 Å². The summed E-state index contributed by atoms with van der Waals surface area (Å²) in [5.74, 6) is 1.07. The van der Waals surface area contributed by atoms with Crippen LogP contribution in [-0.4, -0.2) is 5.75 Å². The van der Waals surface area contributed by atoms with Gasteiger partial charge in [-0.25, -0.2) is 0 Å². The first-order valence-electron chi connectivity index (χ1n) is 5.52. The Morgan fingerprint density at radius 1 is 0.769 bits per heavy atom. The number of rotatable bonds is 9. The second-order valence-corrected chi connectivity index (χ2v) is 4.00. The molecule has 0 aromatic carbocycles. The Morgan fingerprint density at radius 3 is 1.54 bits per heavy atom. The molecule has 0 nitrogen and oxygen atoms in total. The monoisotopic (exact) mass is 212 g/mol. The maximum atomic E-state index is 4.19. The van der Waals surface area contributed by atoms with Gasteiger partial charge in [-0.15, -0.1) is 0 Å². The first kappa shape index (κ1) is 16.8. The molecule has 2 heteroatoms. The molecule has 0 amide bonds. The molecule has 13 heavy (non-hydrogen) atoms. The Balaban J connectivity index is -0.000000605. The molecule has 0 spiro atoms. The number of thiol groups is 1. The van der Waals surface area contributed by atoms with E-state index >= 15 is 0 Å². The van der Waals surface area contributed by atoms with Gasteiger partial charge in [0.25, 0.3) is 0 Å². The van der Waals surface area contributed by atoms with E-state index < -0.39 is 0 Å². The van der Waals surface area contributed by atoms with E-state index in [0.29, 0.717) is 0 Å². The molecule has 0 atom stereocenters. The Hall–Kier alpha value is 1.35. The van der Waals surface area contributed by atoms with E-state index in [0.717, 1.165) is 5.75 Å². The second kappa shape index (κ2) is 15.8. The van der Waals surface area contributed by atoms with Gasteiger partial charge < -0.3 is 1.43 Å². The van der Waals surface area contributed by atoms with Crippen LogP contribution in [0.2, 0.25) is 0 Å². The predicted molar refractivity (Wildman–Crippen MR) is 62.2 cm³/mol. The standard InChI is InChI=1S/C11H24S.Na.H/c1-2-3-4-5-6-7-8-9-10-11-12;;/h12H,2-11H2,1H3;;/q;+1;-1. The fourth-order valence-electron chi connectivity index (χ4n) is 1.42. The van der Waals surface area contributed by atoms with Crippen LogP contribution in [0.1, 0.15) is 66.1 Å². The van der Waals surface area contributed by atoms with Gasteiger partial charge in [0.2, 0.25) is 0 Å². The average molecular weight is 212 g/mol. The van der Waals surface area contributed by atoms with Gasteiger partial charge in [0, 0.05) is 0 Å². The molecular weight excluding hydrogens is 187 g/mol. The zero-order valence-electron chi connectivity index (χ0n) is 10.5. The van der Waals surface area contributed by atoms with Crippen molar-refractivity contribution in [3.8, 4) is 0 Å². The van der Waals surface area contributed by atoms with Crippen LogP contribution < -0.4 is 29.6 Å². The predicted octanol–water partition coefficient (Wildman–Crippen LogP) is 1.56. The minimum Gasteiger partial charge on any atom is -1.00 e. The summed E-state index contributed by atoms with van der Waals surface area (Å²) >= 11 is 4.19. The first-order chi connectivity index (χ1) is 5.91. The van der Waals surface area contributed by atoms with E-state index in [1.54, 1.807) is 0 Å². The molecule has 0 aliphatic rings. The summed E-state index contributed by atoms with van der Waals surface area (Å²) in [5.41, 5.74) is 0. The molecule has 0 N–H and O–H groups in total. The smallest absolute Gasteiger partial charge is 1.00 e. The Bertz CT molecular complexity index is 71.7. The molecule has 0 radical (unpaired) electrons. The van der Waals surface area contributed by atoms with Gasteiger partial charge in [-0.1, -0.05) is 58.3 Å².